The Labute approximate surface area is 222 Å². The first-order chi connectivity index (χ1) is 18.0. The molecule has 2 aromatic heterocycles. The van der Waals surface area contributed by atoms with E-state index in [1.54, 1.807) is 24.4 Å². The zero-order valence-electron chi connectivity index (χ0n) is 19.5. The van der Waals surface area contributed by atoms with Crippen LogP contribution in [-0.4, -0.2) is 30.3 Å². The lowest BCUT2D eigenvalue weighted by Gasteiger charge is -2.19. The van der Waals surface area contributed by atoms with Gasteiger partial charge in [0.1, 0.15) is 6.04 Å². The second kappa shape index (κ2) is 10.9. The molecule has 5 rings (SSSR count). The Kier molecular flexibility index (Phi) is 7.25. The number of rotatable bonds is 8. The molecule has 0 aliphatic heterocycles. The van der Waals surface area contributed by atoms with E-state index in [9.17, 15) is 9.59 Å². The van der Waals surface area contributed by atoms with Gasteiger partial charge in [-0.2, -0.15) is 0 Å². The van der Waals surface area contributed by atoms with Crippen molar-refractivity contribution in [3.05, 3.63) is 129 Å². The van der Waals surface area contributed by atoms with Gasteiger partial charge in [-0.25, -0.2) is 9.67 Å². The van der Waals surface area contributed by atoms with Crippen molar-refractivity contribution in [2.75, 3.05) is 0 Å². The Hall–Kier alpha value is -4.07. The third kappa shape index (κ3) is 5.69. The molecule has 0 aliphatic rings. The van der Waals surface area contributed by atoms with Crippen molar-refractivity contribution in [1.82, 2.24) is 24.5 Å². The minimum absolute atomic E-state index is 0.0765. The highest BCUT2D eigenvalue weighted by Gasteiger charge is 2.23. The van der Waals surface area contributed by atoms with Gasteiger partial charge in [-0.1, -0.05) is 89.1 Å². The molecule has 0 N–H and O–H groups in total. The number of Topliss-reactive ketones (excluding diaryl/α,β-unsaturated/α-hetero) is 1. The number of hydrogen-bond donors (Lipinski definition) is 0. The molecule has 9 heteroatoms. The van der Waals surface area contributed by atoms with Crippen LogP contribution in [0.5, 0.6) is 0 Å². The van der Waals surface area contributed by atoms with Gasteiger partial charge in [0.15, 0.2) is 10.9 Å². The number of halogens is 2. The summed E-state index contributed by atoms with van der Waals surface area (Å²) in [5.41, 5.74) is 3.06. The van der Waals surface area contributed by atoms with Crippen molar-refractivity contribution in [2.24, 2.45) is 0 Å². The molecule has 5 aromatic rings. The number of carbonyl (C=O) groups excluding carboxylic acids is 1. The monoisotopic (exact) mass is 529 g/mol. The van der Waals surface area contributed by atoms with Crippen molar-refractivity contribution in [2.45, 2.75) is 18.9 Å². The molecule has 0 amide bonds. The van der Waals surface area contributed by atoms with Crippen LogP contribution in [0.15, 0.2) is 102 Å². The molecule has 0 radical (unpaired) electrons. The van der Waals surface area contributed by atoms with Crippen LogP contribution in [0.2, 0.25) is 10.2 Å². The maximum absolute atomic E-state index is 13.5. The third-order valence-corrected chi connectivity index (χ3v) is 6.39. The van der Waals surface area contributed by atoms with Crippen LogP contribution in [0.3, 0.4) is 0 Å². The minimum atomic E-state index is -0.718. The number of benzene rings is 3. The second-order valence-electron chi connectivity index (χ2n) is 8.50. The van der Waals surface area contributed by atoms with Gasteiger partial charge in [0.2, 0.25) is 0 Å². The average molecular weight is 530 g/mol. The third-order valence-electron chi connectivity index (χ3n) is 5.98. The Morgan fingerprint density at radius 3 is 2.24 bits per heavy atom. The topological polar surface area (TPSA) is 82.7 Å². The summed E-state index contributed by atoms with van der Waals surface area (Å²) in [6.07, 6.45) is 3.55. The van der Waals surface area contributed by atoms with E-state index in [1.165, 1.54) is 21.6 Å². The second-order valence-corrected chi connectivity index (χ2v) is 9.32. The number of nitrogens with zero attached hydrogens (tertiary/aromatic N) is 5. The summed E-state index contributed by atoms with van der Waals surface area (Å²) < 4.78 is 2.89. The van der Waals surface area contributed by atoms with E-state index in [-0.39, 0.29) is 22.9 Å². The highest BCUT2D eigenvalue weighted by Crippen LogP contribution is 2.28. The molecule has 1 atom stereocenters. The molecule has 0 aliphatic carbocycles. The quantitative estimate of drug-likeness (QED) is 0.269. The summed E-state index contributed by atoms with van der Waals surface area (Å²) >= 11 is 12.2. The van der Waals surface area contributed by atoms with E-state index < -0.39 is 6.04 Å². The van der Waals surface area contributed by atoms with Gasteiger partial charge >= 0.3 is 0 Å². The van der Waals surface area contributed by atoms with Gasteiger partial charge in [-0.3, -0.25) is 14.2 Å². The highest BCUT2D eigenvalue weighted by molar-refractivity contribution is 6.31. The standard InChI is InChI=1S/C28H21Cl2N5O2/c29-21-11-12-24(35-17-27(30)32-33-35)22(15-21)23-16-28(37)34(18-31-23)25(13-19-7-3-1-4-8-19)26(36)14-20-9-5-2-6-10-20/h1-12,15-18,25H,13-14H2/t25-/m0/s1. The fourth-order valence-corrected chi connectivity index (χ4v) is 4.48. The molecule has 7 nitrogen and oxygen atoms in total. The molecule has 0 bridgehead atoms. The Balaban J connectivity index is 1.53. The van der Waals surface area contributed by atoms with Gasteiger partial charge in [0.05, 0.1) is 23.9 Å². The lowest BCUT2D eigenvalue weighted by atomic mass is 9.97. The largest absolute Gasteiger partial charge is 0.297 e. The first-order valence-electron chi connectivity index (χ1n) is 11.5. The van der Waals surface area contributed by atoms with Gasteiger partial charge in [0, 0.05) is 29.5 Å². The maximum atomic E-state index is 13.5. The van der Waals surface area contributed by atoms with E-state index in [4.69, 9.17) is 23.2 Å². The molecule has 37 heavy (non-hydrogen) atoms. The van der Waals surface area contributed by atoms with Crippen LogP contribution in [-0.2, 0) is 17.6 Å². The minimum Gasteiger partial charge on any atom is -0.297 e. The lowest BCUT2D eigenvalue weighted by Crippen LogP contribution is -2.32. The van der Waals surface area contributed by atoms with Crippen LogP contribution in [0.1, 0.15) is 17.2 Å². The molecule has 0 saturated heterocycles. The Morgan fingerprint density at radius 1 is 0.892 bits per heavy atom. The highest BCUT2D eigenvalue weighted by atomic mass is 35.5. The van der Waals surface area contributed by atoms with E-state index >= 15 is 0 Å². The molecule has 2 heterocycles. The van der Waals surface area contributed by atoms with Crippen molar-refractivity contribution in [3.63, 3.8) is 0 Å². The first kappa shape index (κ1) is 24.6. The molecule has 184 valence electrons. The lowest BCUT2D eigenvalue weighted by molar-refractivity contribution is -0.121. The summed E-state index contributed by atoms with van der Waals surface area (Å²) in [7, 11) is 0. The molecule has 0 fully saturated rings. The van der Waals surface area contributed by atoms with Gasteiger partial charge in [-0.15, -0.1) is 5.10 Å². The smallest absolute Gasteiger partial charge is 0.254 e. The Bertz CT molecular complexity index is 1600. The fourth-order valence-electron chi connectivity index (χ4n) is 4.19. The zero-order chi connectivity index (χ0) is 25.8. The van der Waals surface area contributed by atoms with Crippen LogP contribution in [0, 0.1) is 0 Å². The predicted molar refractivity (Wildman–Crippen MR) is 143 cm³/mol. The first-order valence-corrected chi connectivity index (χ1v) is 12.3. The summed E-state index contributed by atoms with van der Waals surface area (Å²) in [6.45, 7) is 0. The van der Waals surface area contributed by atoms with Crippen molar-refractivity contribution in [3.8, 4) is 16.9 Å². The fraction of sp³-hybridized carbons (Fsp3) is 0.107. The zero-order valence-corrected chi connectivity index (χ0v) is 21.0. The van der Waals surface area contributed by atoms with Crippen molar-refractivity contribution >= 4 is 29.0 Å². The van der Waals surface area contributed by atoms with Crippen molar-refractivity contribution < 1.29 is 4.79 Å². The van der Waals surface area contributed by atoms with Gasteiger partial charge < -0.3 is 0 Å². The summed E-state index contributed by atoms with van der Waals surface area (Å²) in [5.74, 6) is -0.0765. The molecule has 0 spiro atoms. The predicted octanol–water partition coefficient (Wildman–Crippen LogP) is 5.39. The number of ketones is 1. The summed E-state index contributed by atoms with van der Waals surface area (Å²) in [4.78, 5) is 31.4. The normalized spacial score (nSPS) is 11.8. The van der Waals surface area contributed by atoms with E-state index in [0.29, 0.717) is 28.4 Å². The molecular weight excluding hydrogens is 509 g/mol. The molecular formula is C28H21Cl2N5O2. The van der Waals surface area contributed by atoms with E-state index in [1.807, 2.05) is 60.7 Å². The number of hydrogen-bond acceptors (Lipinski definition) is 5. The number of aromatic nitrogens is 5. The van der Waals surface area contributed by atoms with Gasteiger partial charge in [-0.05, 0) is 29.3 Å². The summed E-state index contributed by atoms with van der Waals surface area (Å²) in [6, 6.07) is 24.9. The van der Waals surface area contributed by atoms with Crippen LogP contribution in [0.4, 0.5) is 0 Å². The van der Waals surface area contributed by atoms with Gasteiger partial charge in [0.25, 0.3) is 5.56 Å². The van der Waals surface area contributed by atoms with Crippen LogP contribution < -0.4 is 5.56 Å². The van der Waals surface area contributed by atoms with Crippen LogP contribution in [0.25, 0.3) is 16.9 Å². The van der Waals surface area contributed by atoms with E-state index in [2.05, 4.69) is 15.3 Å². The number of carbonyl (C=O) groups is 1. The van der Waals surface area contributed by atoms with Crippen LogP contribution >= 0.6 is 23.2 Å². The molecule has 3 aromatic carbocycles. The Morgan fingerprint density at radius 2 is 1.59 bits per heavy atom. The average Bonchev–Trinajstić information content (AvgIpc) is 3.34. The SMILES string of the molecule is O=C(Cc1ccccc1)[C@H](Cc1ccccc1)n1cnc(-c2cc(Cl)ccc2-n2cc(Cl)nn2)cc1=O. The van der Waals surface area contributed by atoms with E-state index in [0.717, 1.165) is 11.1 Å². The summed E-state index contributed by atoms with van der Waals surface area (Å²) in [5, 5.41) is 8.53. The van der Waals surface area contributed by atoms with Crippen molar-refractivity contribution in [1.29, 1.82) is 0 Å². The molecule has 0 saturated carbocycles. The molecule has 0 unspecified atom stereocenters. The maximum Gasteiger partial charge on any atom is 0.254 e.